The van der Waals surface area contributed by atoms with E-state index in [0.717, 1.165) is 5.56 Å². The highest BCUT2D eigenvalue weighted by atomic mass is 32.2. The highest BCUT2D eigenvalue weighted by Crippen LogP contribution is 2.20. The molecular weight excluding hydrogens is 508 g/mol. The van der Waals surface area contributed by atoms with E-state index in [1.165, 1.54) is 12.1 Å². The molecule has 0 spiro atoms. The summed E-state index contributed by atoms with van der Waals surface area (Å²) in [5.41, 5.74) is 3.20. The molecule has 0 saturated heterocycles. The number of benzene rings is 3. The van der Waals surface area contributed by atoms with Gasteiger partial charge in [-0.1, -0.05) is 60.7 Å². The smallest absolute Gasteiger partial charge is 0.313 e. The molecule has 198 valence electrons. The largest absolute Gasteiger partial charge is 0.466 e. The van der Waals surface area contributed by atoms with Crippen LogP contribution in [-0.4, -0.2) is 37.0 Å². The van der Waals surface area contributed by atoms with Crippen molar-refractivity contribution in [2.75, 3.05) is 11.9 Å². The Morgan fingerprint density at radius 3 is 2.08 bits per heavy atom. The number of hydrogen-bond donors (Lipinski definition) is 4. The van der Waals surface area contributed by atoms with Crippen LogP contribution in [0.5, 0.6) is 0 Å². The maximum Gasteiger partial charge on any atom is 0.313 e. The normalized spacial score (nSPS) is 10.7. The van der Waals surface area contributed by atoms with Crippen molar-refractivity contribution in [3.63, 3.8) is 0 Å². The molecule has 10 nitrogen and oxygen atoms in total. The average Bonchev–Trinajstić information content (AvgIpc) is 3.28. The molecular formula is C27H28N4O6S. The molecule has 38 heavy (non-hydrogen) atoms. The van der Waals surface area contributed by atoms with Crippen molar-refractivity contribution in [1.29, 1.82) is 0 Å². The van der Waals surface area contributed by atoms with Gasteiger partial charge in [0, 0.05) is 17.8 Å². The second kappa shape index (κ2) is 13.2. The lowest BCUT2D eigenvalue weighted by Gasteiger charge is -2.07. The molecule has 5 N–H and O–H groups in total. The Balaban J connectivity index is 0.000000244. The molecule has 0 amide bonds. The van der Waals surface area contributed by atoms with Crippen LogP contribution in [0.25, 0.3) is 11.3 Å². The number of nitrogens with one attached hydrogen (secondary N) is 3. The summed E-state index contributed by atoms with van der Waals surface area (Å²) in [5.74, 6) is -0.676. The van der Waals surface area contributed by atoms with E-state index < -0.39 is 16.0 Å². The molecule has 0 aliphatic rings. The standard InChI is InChI=1S/C16H16N4O3S.C11H12O3/c17-24(22,23)13-8-6-12(7-9-13)18-10-14-15(19-20-16(14)21)11-4-2-1-3-5-11;1-2-14-11(13)8-10(12)9-6-4-3-5-7-9/h1-9,18H,10H2,(H2,17,22,23)(H2,19,20,21);3-7H,2,8H2,1H3. The Labute approximate surface area is 219 Å². The van der Waals surface area contributed by atoms with Crippen LogP contribution in [0.1, 0.15) is 29.3 Å². The van der Waals surface area contributed by atoms with Crippen molar-refractivity contribution >= 4 is 27.5 Å². The minimum atomic E-state index is -3.71. The quantitative estimate of drug-likeness (QED) is 0.144. The summed E-state index contributed by atoms with van der Waals surface area (Å²) in [5, 5.41) is 13.6. The van der Waals surface area contributed by atoms with Gasteiger partial charge in [-0.3, -0.25) is 24.6 Å². The molecule has 4 rings (SSSR count). The van der Waals surface area contributed by atoms with Gasteiger partial charge < -0.3 is 10.1 Å². The zero-order chi connectivity index (χ0) is 27.5. The molecule has 0 fully saturated rings. The molecule has 0 aliphatic heterocycles. The third kappa shape index (κ3) is 8.02. The number of primary sulfonamides is 1. The van der Waals surface area contributed by atoms with Crippen LogP contribution in [0.2, 0.25) is 0 Å². The molecule has 4 aromatic rings. The summed E-state index contributed by atoms with van der Waals surface area (Å²) in [6, 6.07) is 24.2. The van der Waals surface area contributed by atoms with Gasteiger partial charge >= 0.3 is 5.97 Å². The number of H-pyrrole nitrogens is 2. The minimum absolute atomic E-state index is 0.0394. The zero-order valence-corrected chi connectivity index (χ0v) is 21.5. The van der Waals surface area contributed by atoms with E-state index in [9.17, 15) is 22.8 Å². The van der Waals surface area contributed by atoms with Crippen molar-refractivity contribution in [2.24, 2.45) is 5.14 Å². The summed E-state index contributed by atoms with van der Waals surface area (Å²) >= 11 is 0. The van der Waals surface area contributed by atoms with Gasteiger partial charge in [0.1, 0.15) is 6.42 Å². The summed E-state index contributed by atoms with van der Waals surface area (Å²) in [6.45, 7) is 2.31. The second-order valence-corrected chi connectivity index (χ2v) is 9.55. The number of rotatable bonds is 9. The van der Waals surface area contributed by atoms with E-state index in [1.807, 2.05) is 36.4 Å². The van der Waals surface area contributed by atoms with E-state index in [-0.39, 0.29) is 29.2 Å². The fourth-order valence-corrected chi connectivity index (χ4v) is 3.94. The SMILES string of the molecule is CCOC(=O)CC(=O)c1ccccc1.NS(=O)(=O)c1ccc(NCc2c(-c3ccccc3)[nH][nH]c2=O)cc1. The van der Waals surface area contributed by atoms with Gasteiger partial charge in [0.15, 0.2) is 5.78 Å². The number of aromatic amines is 2. The predicted molar refractivity (Wildman–Crippen MR) is 144 cm³/mol. The molecule has 11 heteroatoms. The van der Waals surface area contributed by atoms with Crippen LogP contribution in [0.3, 0.4) is 0 Å². The highest BCUT2D eigenvalue weighted by molar-refractivity contribution is 7.89. The summed E-state index contributed by atoms with van der Waals surface area (Å²) in [7, 11) is -3.71. The van der Waals surface area contributed by atoms with Crippen LogP contribution in [-0.2, 0) is 26.1 Å². The number of carbonyl (C=O) groups excluding carboxylic acids is 2. The van der Waals surface area contributed by atoms with Gasteiger partial charge in [-0.25, -0.2) is 13.6 Å². The number of ketones is 1. The summed E-state index contributed by atoms with van der Waals surface area (Å²) in [4.78, 5) is 34.4. The monoisotopic (exact) mass is 536 g/mol. The first-order valence-corrected chi connectivity index (χ1v) is 13.2. The maximum atomic E-state index is 12.0. The first-order chi connectivity index (χ1) is 18.2. The van der Waals surface area contributed by atoms with Crippen molar-refractivity contribution in [3.05, 3.63) is 106 Å². The van der Waals surface area contributed by atoms with Crippen molar-refractivity contribution in [2.45, 2.75) is 24.8 Å². The Morgan fingerprint density at radius 2 is 1.50 bits per heavy atom. The van der Waals surface area contributed by atoms with Gasteiger partial charge in [0.2, 0.25) is 10.0 Å². The van der Waals surface area contributed by atoms with Crippen LogP contribution in [0.15, 0.2) is 94.6 Å². The van der Waals surface area contributed by atoms with Gasteiger partial charge in [-0.15, -0.1) is 0 Å². The van der Waals surface area contributed by atoms with Crippen molar-refractivity contribution in [3.8, 4) is 11.3 Å². The van der Waals surface area contributed by atoms with E-state index in [1.54, 1.807) is 43.3 Å². The summed E-state index contributed by atoms with van der Waals surface area (Å²) in [6.07, 6.45) is -0.183. The van der Waals surface area contributed by atoms with E-state index in [0.29, 0.717) is 29.1 Å². The molecule has 0 atom stereocenters. The third-order valence-electron chi connectivity index (χ3n) is 5.30. The number of Topliss-reactive ketones (excluding diaryl/α,β-unsaturated/α-hetero) is 1. The lowest BCUT2D eigenvalue weighted by molar-refractivity contribution is -0.141. The van der Waals surface area contributed by atoms with Gasteiger partial charge in [-0.2, -0.15) is 0 Å². The summed E-state index contributed by atoms with van der Waals surface area (Å²) < 4.78 is 27.2. The lowest BCUT2D eigenvalue weighted by Crippen LogP contribution is -2.13. The van der Waals surface area contributed by atoms with Crippen molar-refractivity contribution in [1.82, 2.24) is 10.2 Å². The number of ether oxygens (including phenoxy) is 1. The zero-order valence-electron chi connectivity index (χ0n) is 20.6. The number of anilines is 1. The van der Waals surface area contributed by atoms with Crippen LogP contribution >= 0.6 is 0 Å². The Morgan fingerprint density at radius 1 is 0.895 bits per heavy atom. The van der Waals surface area contributed by atoms with Gasteiger partial charge in [0.05, 0.1) is 22.8 Å². The molecule has 1 aromatic heterocycles. The topological polar surface area (TPSA) is 164 Å². The van der Waals surface area contributed by atoms with Crippen LogP contribution in [0, 0.1) is 0 Å². The van der Waals surface area contributed by atoms with E-state index >= 15 is 0 Å². The average molecular weight is 537 g/mol. The predicted octanol–water partition coefficient (Wildman–Crippen LogP) is 3.45. The van der Waals surface area contributed by atoms with Gasteiger partial charge in [0.25, 0.3) is 5.56 Å². The minimum Gasteiger partial charge on any atom is -0.466 e. The maximum absolute atomic E-state index is 12.0. The number of hydrogen-bond acceptors (Lipinski definition) is 7. The first-order valence-electron chi connectivity index (χ1n) is 11.6. The molecule has 0 unspecified atom stereocenters. The molecule has 1 heterocycles. The van der Waals surface area contributed by atoms with E-state index in [2.05, 4.69) is 20.3 Å². The number of nitrogens with two attached hydrogens (primary N) is 1. The highest BCUT2D eigenvalue weighted by Gasteiger charge is 2.13. The third-order valence-corrected chi connectivity index (χ3v) is 6.23. The molecule has 0 bridgehead atoms. The molecule has 0 aliphatic carbocycles. The van der Waals surface area contributed by atoms with Crippen LogP contribution < -0.4 is 16.0 Å². The number of aromatic nitrogens is 2. The fraction of sp³-hybridized carbons (Fsp3) is 0.148. The van der Waals surface area contributed by atoms with E-state index in [4.69, 9.17) is 5.14 Å². The Bertz CT molecular complexity index is 1510. The van der Waals surface area contributed by atoms with Crippen LogP contribution in [0.4, 0.5) is 5.69 Å². The fourth-order valence-electron chi connectivity index (χ4n) is 3.43. The lowest BCUT2D eigenvalue weighted by atomic mass is 10.1. The number of carbonyl (C=O) groups is 2. The Kier molecular flexibility index (Phi) is 9.74. The van der Waals surface area contributed by atoms with Gasteiger partial charge in [-0.05, 0) is 36.8 Å². The first kappa shape index (κ1) is 28.1. The second-order valence-electron chi connectivity index (χ2n) is 7.99. The molecule has 0 saturated carbocycles. The Hall–Kier alpha value is -4.48. The number of esters is 1. The molecule has 0 radical (unpaired) electrons. The molecule has 3 aromatic carbocycles. The number of sulfonamides is 1. The van der Waals surface area contributed by atoms with Crippen molar-refractivity contribution < 1.29 is 22.7 Å².